The Hall–Kier alpha value is -1.01. The third-order valence-corrected chi connectivity index (χ3v) is 15.6. The predicted octanol–water partition coefficient (Wildman–Crippen LogP) is 10.5. The van der Waals surface area contributed by atoms with Crippen LogP contribution in [-0.4, -0.2) is 140 Å². The second-order valence-electron chi connectivity index (χ2n) is 22.2. The highest BCUT2D eigenvalue weighted by molar-refractivity contribution is 5.76. The van der Waals surface area contributed by atoms with Gasteiger partial charge in [0.25, 0.3) is 0 Å². The number of amides is 1. The van der Waals surface area contributed by atoms with E-state index in [1.807, 2.05) is 0 Å². The third-order valence-electron chi connectivity index (χ3n) is 15.6. The summed E-state index contributed by atoms with van der Waals surface area (Å²) in [7, 11) is 0. The number of aliphatic hydroxyl groups is 8. The molecule has 12 unspecified atom stereocenters. The first-order valence-electron chi connectivity index (χ1n) is 30.8. The lowest BCUT2D eigenvalue weighted by Gasteiger charge is -2.46. The molecule has 73 heavy (non-hydrogen) atoms. The Morgan fingerprint density at radius 2 is 0.781 bits per heavy atom. The van der Waals surface area contributed by atoms with Gasteiger partial charge in [0, 0.05) is 6.42 Å². The van der Waals surface area contributed by atoms with Crippen LogP contribution < -0.4 is 5.32 Å². The van der Waals surface area contributed by atoms with E-state index in [1.165, 1.54) is 199 Å². The molecule has 2 fully saturated rings. The summed E-state index contributed by atoms with van der Waals surface area (Å²) in [6, 6.07) is -0.822. The molecule has 0 bridgehead atoms. The fourth-order valence-corrected chi connectivity index (χ4v) is 10.6. The standard InChI is InChI=1S/C59H115NO13/c1-3-5-7-9-11-13-15-17-19-21-22-23-24-25-26-27-29-31-33-35-37-39-41-43-51(64)60-47(48(63)42-40-38-36-34-32-30-28-20-18-16-14-12-10-8-6-4-2)46-70-58-56(69)54(67)57(50(45-62)72-58)73-59-55(68)53(66)52(65)49(44-61)71-59/h47-50,52-59,61-63,65-69H,3-46H2,1-2H3,(H,60,64). The summed E-state index contributed by atoms with van der Waals surface area (Å²) in [5.41, 5.74) is 0. The zero-order chi connectivity index (χ0) is 53.2. The number of hydrogen-bond donors (Lipinski definition) is 9. The normalized spacial score (nSPS) is 25.3. The number of carbonyl (C=O) groups excluding carboxylic acids is 1. The van der Waals surface area contributed by atoms with E-state index in [1.54, 1.807) is 0 Å². The number of unbranched alkanes of at least 4 members (excludes halogenated alkanes) is 37. The van der Waals surface area contributed by atoms with Gasteiger partial charge in [0.15, 0.2) is 12.6 Å². The Bertz CT molecular complexity index is 1230. The summed E-state index contributed by atoms with van der Waals surface area (Å²) in [6.07, 6.45) is 33.9. The van der Waals surface area contributed by atoms with Crippen molar-refractivity contribution in [3.8, 4) is 0 Å². The molecule has 9 N–H and O–H groups in total. The van der Waals surface area contributed by atoms with Crippen molar-refractivity contribution >= 4 is 5.91 Å². The van der Waals surface area contributed by atoms with E-state index in [0.29, 0.717) is 12.8 Å². The van der Waals surface area contributed by atoms with Crippen molar-refractivity contribution in [1.82, 2.24) is 5.32 Å². The molecule has 2 aliphatic heterocycles. The van der Waals surface area contributed by atoms with Gasteiger partial charge >= 0.3 is 0 Å². The first kappa shape index (κ1) is 68.1. The van der Waals surface area contributed by atoms with Gasteiger partial charge in [-0.3, -0.25) is 4.79 Å². The van der Waals surface area contributed by atoms with Crippen molar-refractivity contribution in [3.05, 3.63) is 0 Å². The van der Waals surface area contributed by atoms with E-state index in [4.69, 9.17) is 18.9 Å². The Labute approximate surface area is 444 Å². The quantitative estimate of drug-likeness (QED) is 0.0259. The molecule has 2 rings (SSSR count). The molecule has 2 heterocycles. The molecule has 0 aromatic carbocycles. The van der Waals surface area contributed by atoms with Crippen LogP contribution in [0, 0.1) is 0 Å². The minimum Gasteiger partial charge on any atom is -0.394 e. The molecule has 12 atom stereocenters. The molecule has 0 spiro atoms. The van der Waals surface area contributed by atoms with Crippen LogP contribution in [0.15, 0.2) is 0 Å². The molecule has 2 aliphatic rings. The van der Waals surface area contributed by atoms with Crippen molar-refractivity contribution in [2.75, 3.05) is 19.8 Å². The van der Waals surface area contributed by atoms with E-state index in [9.17, 15) is 45.6 Å². The van der Waals surface area contributed by atoms with Crippen molar-refractivity contribution in [2.45, 2.75) is 351 Å². The highest BCUT2D eigenvalue weighted by atomic mass is 16.7. The number of aliphatic hydroxyl groups excluding tert-OH is 8. The van der Waals surface area contributed by atoms with Crippen LogP contribution in [0.2, 0.25) is 0 Å². The van der Waals surface area contributed by atoms with Gasteiger partial charge in [-0.25, -0.2) is 0 Å². The summed E-state index contributed by atoms with van der Waals surface area (Å²) >= 11 is 0. The lowest BCUT2D eigenvalue weighted by Crippen LogP contribution is -2.65. The highest BCUT2D eigenvalue weighted by Crippen LogP contribution is 2.30. The monoisotopic (exact) mass is 1050 g/mol. The highest BCUT2D eigenvalue weighted by Gasteiger charge is 2.51. The van der Waals surface area contributed by atoms with Gasteiger partial charge in [0.05, 0.1) is 32.0 Å². The molecule has 0 radical (unpaired) electrons. The van der Waals surface area contributed by atoms with Crippen LogP contribution in [0.3, 0.4) is 0 Å². The van der Waals surface area contributed by atoms with Crippen LogP contribution in [0.4, 0.5) is 0 Å². The van der Waals surface area contributed by atoms with E-state index < -0.39 is 86.8 Å². The maximum absolute atomic E-state index is 13.3. The van der Waals surface area contributed by atoms with Crippen LogP contribution in [0.25, 0.3) is 0 Å². The molecular formula is C59H115NO13. The number of ether oxygens (including phenoxy) is 4. The molecule has 14 heteroatoms. The second kappa shape index (κ2) is 46.0. The Kier molecular flexibility index (Phi) is 42.9. The fraction of sp³-hybridized carbons (Fsp3) is 0.983. The first-order chi connectivity index (χ1) is 35.6. The maximum Gasteiger partial charge on any atom is 0.220 e. The van der Waals surface area contributed by atoms with Gasteiger partial charge < -0.3 is 65.1 Å². The van der Waals surface area contributed by atoms with Crippen LogP contribution >= 0.6 is 0 Å². The zero-order valence-corrected chi connectivity index (χ0v) is 46.7. The molecule has 0 aliphatic carbocycles. The van der Waals surface area contributed by atoms with E-state index in [-0.39, 0.29) is 12.5 Å². The number of nitrogens with one attached hydrogen (secondary N) is 1. The third kappa shape index (κ3) is 31.9. The SMILES string of the molecule is CCCCCCCCCCCCCCCCCCCCCCCCCC(=O)NC(COC1OC(CO)C(OC2OC(CO)C(O)C(O)C2O)C(O)C1O)C(O)CCCCCCCCCCCCCCCCCC. The molecule has 434 valence electrons. The fourth-order valence-electron chi connectivity index (χ4n) is 10.6. The minimum absolute atomic E-state index is 0.200. The number of rotatable bonds is 50. The Balaban J connectivity index is 1.72. The molecular weight excluding hydrogens is 931 g/mol. The average molecular weight is 1050 g/mol. The van der Waals surface area contributed by atoms with Crippen molar-refractivity contribution < 1.29 is 64.6 Å². The smallest absolute Gasteiger partial charge is 0.220 e. The van der Waals surface area contributed by atoms with Gasteiger partial charge in [-0.05, 0) is 12.8 Å². The summed E-state index contributed by atoms with van der Waals surface area (Å²) in [4.78, 5) is 13.3. The zero-order valence-electron chi connectivity index (χ0n) is 46.7. The van der Waals surface area contributed by atoms with Gasteiger partial charge in [0.1, 0.15) is 48.8 Å². The van der Waals surface area contributed by atoms with E-state index >= 15 is 0 Å². The molecule has 0 aromatic rings. The molecule has 0 saturated carbocycles. The van der Waals surface area contributed by atoms with Gasteiger partial charge in [-0.15, -0.1) is 0 Å². The molecule has 1 amide bonds. The summed E-state index contributed by atoms with van der Waals surface area (Å²) in [5.74, 6) is -0.200. The topological polar surface area (TPSA) is 228 Å². The molecule has 0 aromatic heterocycles. The largest absolute Gasteiger partial charge is 0.394 e. The lowest BCUT2D eigenvalue weighted by atomic mass is 9.97. The first-order valence-corrected chi connectivity index (χ1v) is 30.8. The Morgan fingerprint density at radius 3 is 1.16 bits per heavy atom. The Morgan fingerprint density at radius 1 is 0.438 bits per heavy atom. The van der Waals surface area contributed by atoms with Crippen molar-refractivity contribution in [3.63, 3.8) is 0 Å². The predicted molar refractivity (Wildman–Crippen MR) is 291 cm³/mol. The van der Waals surface area contributed by atoms with Crippen LogP contribution in [0.5, 0.6) is 0 Å². The summed E-state index contributed by atoms with van der Waals surface area (Å²) in [5, 5.41) is 87.3. The van der Waals surface area contributed by atoms with Gasteiger partial charge in [0.2, 0.25) is 5.91 Å². The molecule has 2 saturated heterocycles. The van der Waals surface area contributed by atoms with Crippen LogP contribution in [0.1, 0.15) is 277 Å². The van der Waals surface area contributed by atoms with E-state index in [2.05, 4.69) is 19.2 Å². The van der Waals surface area contributed by atoms with Gasteiger partial charge in [-0.1, -0.05) is 258 Å². The number of hydrogen-bond acceptors (Lipinski definition) is 13. The lowest BCUT2D eigenvalue weighted by molar-refractivity contribution is -0.359. The van der Waals surface area contributed by atoms with Crippen molar-refractivity contribution in [1.29, 1.82) is 0 Å². The molecule has 14 nitrogen and oxygen atoms in total. The summed E-state index contributed by atoms with van der Waals surface area (Å²) in [6.45, 7) is 2.90. The average Bonchev–Trinajstić information content (AvgIpc) is 3.39. The summed E-state index contributed by atoms with van der Waals surface area (Å²) < 4.78 is 22.9. The van der Waals surface area contributed by atoms with E-state index in [0.717, 1.165) is 51.4 Å². The minimum atomic E-state index is -1.78. The second-order valence-corrected chi connectivity index (χ2v) is 22.2. The van der Waals surface area contributed by atoms with Gasteiger partial charge in [-0.2, -0.15) is 0 Å². The number of carbonyl (C=O) groups is 1. The van der Waals surface area contributed by atoms with Crippen LogP contribution in [-0.2, 0) is 23.7 Å². The van der Waals surface area contributed by atoms with Crippen molar-refractivity contribution in [2.24, 2.45) is 0 Å². The maximum atomic E-state index is 13.3.